The molecule has 136 valence electrons. The molecule has 3 rings (SSSR count). The number of nitro groups is 1. The highest BCUT2D eigenvalue weighted by Gasteiger charge is 2.16. The SMILES string of the molecule is Cc1ccc(NC(=O)c2nn(-c3cccc(Cl)c3)ccc2=O)cc1[N+](=O)[O-]. The number of benzene rings is 2. The molecular formula is C18H13ClN4O4. The minimum absolute atomic E-state index is 0.134. The van der Waals surface area contributed by atoms with E-state index in [2.05, 4.69) is 10.4 Å². The van der Waals surface area contributed by atoms with Crippen LogP contribution in [-0.2, 0) is 0 Å². The second-order valence-electron chi connectivity index (χ2n) is 5.67. The van der Waals surface area contributed by atoms with E-state index in [4.69, 9.17) is 11.6 Å². The maximum atomic E-state index is 12.5. The number of nitrogens with one attached hydrogen (secondary N) is 1. The minimum atomic E-state index is -0.769. The Hall–Kier alpha value is -3.52. The molecule has 1 aromatic heterocycles. The zero-order valence-electron chi connectivity index (χ0n) is 14.0. The number of hydrogen-bond donors (Lipinski definition) is 1. The minimum Gasteiger partial charge on any atom is -0.320 e. The first-order chi connectivity index (χ1) is 12.8. The molecule has 0 radical (unpaired) electrons. The molecule has 0 aliphatic heterocycles. The fourth-order valence-corrected chi connectivity index (χ4v) is 2.59. The Labute approximate surface area is 158 Å². The molecule has 8 nitrogen and oxygen atoms in total. The molecule has 0 unspecified atom stereocenters. The molecule has 0 bridgehead atoms. The lowest BCUT2D eigenvalue weighted by Gasteiger charge is -2.09. The van der Waals surface area contributed by atoms with Gasteiger partial charge in [-0.15, -0.1) is 0 Å². The molecule has 0 fully saturated rings. The summed E-state index contributed by atoms with van der Waals surface area (Å²) < 4.78 is 1.35. The molecule has 0 aliphatic rings. The Morgan fingerprint density at radius 3 is 2.70 bits per heavy atom. The van der Waals surface area contributed by atoms with E-state index in [1.54, 1.807) is 31.2 Å². The molecule has 1 N–H and O–H groups in total. The van der Waals surface area contributed by atoms with Crippen LogP contribution in [0.25, 0.3) is 5.69 Å². The van der Waals surface area contributed by atoms with Crippen molar-refractivity contribution in [3.05, 3.63) is 91.3 Å². The number of aryl methyl sites for hydroxylation is 1. The van der Waals surface area contributed by atoms with Crippen LogP contribution in [0.5, 0.6) is 0 Å². The third kappa shape index (κ3) is 4.01. The van der Waals surface area contributed by atoms with E-state index < -0.39 is 16.3 Å². The van der Waals surface area contributed by atoms with E-state index in [0.29, 0.717) is 16.3 Å². The summed E-state index contributed by atoms with van der Waals surface area (Å²) in [6.07, 6.45) is 1.42. The number of anilines is 1. The van der Waals surface area contributed by atoms with Crippen molar-refractivity contribution in [1.82, 2.24) is 9.78 Å². The number of nitro benzene ring substituents is 1. The van der Waals surface area contributed by atoms with E-state index >= 15 is 0 Å². The van der Waals surface area contributed by atoms with Gasteiger partial charge in [0.2, 0.25) is 5.43 Å². The second-order valence-corrected chi connectivity index (χ2v) is 6.10. The van der Waals surface area contributed by atoms with Crippen molar-refractivity contribution < 1.29 is 9.72 Å². The summed E-state index contributed by atoms with van der Waals surface area (Å²) in [7, 11) is 0. The van der Waals surface area contributed by atoms with E-state index in [-0.39, 0.29) is 17.1 Å². The third-order valence-corrected chi connectivity index (χ3v) is 3.99. The van der Waals surface area contributed by atoms with Crippen LogP contribution in [0.15, 0.2) is 59.5 Å². The largest absolute Gasteiger partial charge is 0.320 e. The van der Waals surface area contributed by atoms with Crippen LogP contribution in [0.4, 0.5) is 11.4 Å². The molecule has 27 heavy (non-hydrogen) atoms. The summed E-state index contributed by atoms with van der Waals surface area (Å²) >= 11 is 5.95. The van der Waals surface area contributed by atoms with Gasteiger partial charge in [-0.2, -0.15) is 5.10 Å². The van der Waals surface area contributed by atoms with Gasteiger partial charge in [0.1, 0.15) is 0 Å². The normalized spacial score (nSPS) is 10.4. The van der Waals surface area contributed by atoms with Crippen LogP contribution in [0, 0.1) is 17.0 Å². The van der Waals surface area contributed by atoms with Crippen molar-refractivity contribution in [2.24, 2.45) is 0 Å². The Morgan fingerprint density at radius 1 is 1.22 bits per heavy atom. The van der Waals surface area contributed by atoms with Crippen molar-refractivity contribution in [3.8, 4) is 5.69 Å². The monoisotopic (exact) mass is 384 g/mol. The van der Waals surface area contributed by atoms with Crippen LogP contribution in [0.1, 0.15) is 16.1 Å². The molecule has 3 aromatic rings. The summed E-state index contributed by atoms with van der Waals surface area (Å²) in [6, 6.07) is 12.2. The van der Waals surface area contributed by atoms with Crippen molar-refractivity contribution in [2.45, 2.75) is 6.92 Å². The van der Waals surface area contributed by atoms with Gasteiger partial charge in [-0.1, -0.05) is 23.7 Å². The first-order valence-corrected chi connectivity index (χ1v) is 8.15. The maximum Gasteiger partial charge on any atom is 0.280 e. The van der Waals surface area contributed by atoms with Gasteiger partial charge in [0, 0.05) is 34.6 Å². The van der Waals surface area contributed by atoms with Gasteiger partial charge in [-0.3, -0.25) is 19.7 Å². The van der Waals surface area contributed by atoms with Crippen LogP contribution in [-0.4, -0.2) is 20.6 Å². The van der Waals surface area contributed by atoms with Gasteiger partial charge >= 0.3 is 0 Å². The van der Waals surface area contributed by atoms with E-state index in [0.717, 1.165) is 0 Å². The number of carbonyl (C=O) groups excluding carboxylic acids is 1. The number of carbonyl (C=O) groups is 1. The first kappa shape index (κ1) is 18.3. The molecule has 0 atom stereocenters. The number of rotatable bonds is 4. The first-order valence-electron chi connectivity index (χ1n) is 7.77. The Bertz CT molecular complexity index is 1110. The van der Waals surface area contributed by atoms with Crippen LogP contribution in [0.2, 0.25) is 5.02 Å². The standard InChI is InChI=1S/C18H13ClN4O4/c1-11-5-6-13(10-15(11)23(26)27)20-18(25)17-16(24)7-8-22(21-17)14-4-2-3-12(19)9-14/h2-10H,1H3,(H,20,25). The molecule has 2 aromatic carbocycles. The summed E-state index contributed by atoms with van der Waals surface area (Å²) in [5.41, 5.74) is 0.164. The third-order valence-electron chi connectivity index (χ3n) is 3.76. The maximum absolute atomic E-state index is 12.5. The molecule has 9 heteroatoms. The number of hydrogen-bond acceptors (Lipinski definition) is 5. The lowest BCUT2D eigenvalue weighted by molar-refractivity contribution is -0.385. The fourth-order valence-electron chi connectivity index (χ4n) is 2.40. The zero-order valence-corrected chi connectivity index (χ0v) is 14.8. The summed E-state index contributed by atoms with van der Waals surface area (Å²) in [5, 5.41) is 18.0. The average Bonchev–Trinajstić information content (AvgIpc) is 2.63. The highest BCUT2D eigenvalue weighted by atomic mass is 35.5. The second kappa shape index (κ2) is 7.38. The van der Waals surface area contributed by atoms with E-state index in [1.807, 2.05) is 0 Å². The number of amides is 1. The van der Waals surface area contributed by atoms with E-state index in [9.17, 15) is 19.7 Å². The molecule has 1 amide bonds. The van der Waals surface area contributed by atoms with Crippen LogP contribution in [0.3, 0.4) is 0 Å². The van der Waals surface area contributed by atoms with Crippen molar-refractivity contribution >= 4 is 28.9 Å². The predicted molar refractivity (Wildman–Crippen MR) is 101 cm³/mol. The Balaban J connectivity index is 1.93. The summed E-state index contributed by atoms with van der Waals surface area (Å²) in [4.78, 5) is 35.0. The van der Waals surface area contributed by atoms with E-state index in [1.165, 1.54) is 35.1 Å². The lowest BCUT2D eigenvalue weighted by atomic mass is 10.2. The Kier molecular flexibility index (Phi) is 5.00. The number of nitrogens with zero attached hydrogens (tertiary/aromatic N) is 3. The van der Waals surface area contributed by atoms with Gasteiger partial charge in [0.25, 0.3) is 11.6 Å². The molecular weight excluding hydrogens is 372 g/mol. The number of halogens is 1. The highest BCUT2D eigenvalue weighted by Crippen LogP contribution is 2.22. The number of aromatic nitrogens is 2. The van der Waals surface area contributed by atoms with Crippen LogP contribution < -0.4 is 10.7 Å². The summed E-state index contributed by atoms with van der Waals surface area (Å²) in [6.45, 7) is 1.59. The Morgan fingerprint density at radius 2 is 2.00 bits per heavy atom. The van der Waals surface area contributed by atoms with Gasteiger partial charge in [0.05, 0.1) is 10.6 Å². The zero-order chi connectivity index (χ0) is 19.6. The van der Waals surface area contributed by atoms with Gasteiger partial charge < -0.3 is 5.32 Å². The van der Waals surface area contributed by atoms with Crippen LogP contribution >= 0.6 is 11.6 Å². The lowest BCUT2D eigenvalue weighted by Crippen LogP contribution is -2.25. The van der Waals surface area contributed by atoms with Crippen molar-refractivity contribution in [3.63, 3.8) is 0 Å². The molecule has 0 aliphatic carbocycles. The van der Waals surface area contributed by atoms with Gasteiger partial charge in [0.15, 0.2) is 5.69 Å². The highest BCUT2D eigenvalue weighted by molar-refractivity contribution is 6.30. The average molecular weight is 385 g/mol. The molecule has 0 saturated heterocycles. The topological polar surface area (TPSA) is 107 Å². The molecule has 0 spiro atoms. The van der Waals surface area contributed by atoms with Crippen molar-refractivity contribution in [1.29, 1.82) is 0 Å². The van der Waals surface area contributed by atoms with Gasteiger partial charge in [-0.05, 0) is 31.2 Å². The fraction of sp³-hybridized carbons (Fsp3) is 0.0556. The molecule has 1 heterocycles. The van der Waals surface area contributed by atoms with Crippen molar-refractivity contribution in [2.75, 3.05) is 5.32 Å². The smallest absolute Gasteiger partial charge is 0.280 e. The predicted octanol–water partition coefficient (Wildman–Crippen LogP) is 3.35. The quantitative estimate of drug-likeness (QED) is 0.548. The van der Waals surface area contributed by atoms with Gasteiger partial charge in [-0.25, -0.2) is 4.68 Å². The summed E-state index contributed by atoms with van der Waals surface area (Å²) in [5.74, 6) is -0.769. The molecule has 0 saturated carbocycles.